The van der Waals surface area contributed by atoms with E-state index in [4.69, 9.17) is 15.3 Å². The molecule has 0 saturated carbocycles. The van der Waals surface area contributed by atoms with Crippen molar-refractivity contribution in [2.24, 2.45) is 0 Å². The molecule has 17 heavy (non-hydrogen) atoms. The molecule has 2 N–H and O–H groups in total. The van der Waals surface area contributed by atoms with Gasteiger partial charge in [-0.15, -0.1) is 0 Å². The molecule has 0 atom stereocenters. The molecule has 1 aromatic rings. The number of benzene rings is 1. The van der Waals surface area contributed by atoms with E-state index in [0.29, 0.717) is 5.56 Å². The second kappa shape index (κ2) is 4.99. The Balaban J connectivity index is 2.80. The summed E-state index contributed by atoms with van der Waals surface area (Å²) in [6.45, 7) is 5.81. The summed E-state index contributed by atoms with van der Waals surface area (Å²) in [4.78, 5) is 10.7. The van der Waals surface area contributed by atoms with Crippen LogP contribution in [0.15, 0.2) is 24.3 Å². The van der Waals surface area contributed by atoms with Crippen molar-refractivity contribution >= 4 is 11.9 Å². The van der Waals surface area contributed by atoms with Crippen molar-refractivity contribution in [3.8, 4) is 0 Å². The second-order valence-corrected chi connectivity index (χ2v) is 4.43. The molecule has 0 heterocycles. The Labute approximate surface area is 101 Å². The first-order valence-corrected chi connectivity index (χ1v) is 5.47. The van der Waals surface area contributed by atoms with E-state index in [2.05, 4.69) is 0 Å². The van der Waals surface area contributed by atoms with Crippen LogP contribution >= 0.6 is 0 Å². The Bertz CT molecular complexity index is 421. The molecule has 0 saturated heterocycles. The maximum atomic E-state index is 10.7. The number of nitrogens with one attached hydrogen (secondary N) is 1. The van der Waals surface area contributed by atoms with Gasteiger partial charge in [-0.1, -0.05) is 6.92 Å². The van der Waals surface area contributed by atoms with Gasteiger partial charge in [-0.2, -0.15) is 0 Å². The van der Waals surface area contributed by atoms with Crippen molar-refractivity contribution in [1.82, 2.24) is 0 Å². The van der Waals surface area contributed by atoms with E-state index in [1.54, 1.807) is 12.1 Å². The minimum Gasteiger partial charge on any atom is -0.478 e. The van der Waals surface area contributed by atoms with Gasteiger partial charge in [-0.05, 0) is 44.5 Å². The smallest absolute Gasteiger partial charge is 0.335 e. The summed E-state index contributed by atoms with van der Waals surface area (Å²) in [5.74, 6) is -0.910. The molecule has 0 radical (unpaired) electrons. The van der Waals surface area contributed by atoms with Crippen LogP contribution in [0.2, 0.25) is 0 Å². The zero-order valence-electron chi connectivity index (χ0n) is 10.3. The summed E-state index contributed by atoms with van der Waals surface area (Å²) in [6.07, 6.45) is 0.794. The predicted octanol–water partition coefficient (Wildman–Crippen LogP) is 2.92. The quantitative estimate of drug-likeness (QED) is 0.622. The van der Waals surface area contributed by atoms with Crippen LogP contribution in [-0.4, -0.2) is 22.6 Å². The number of rotatable bonds is 4. The average Bonchev–Trinajstić information content (AvgIpc) is 2.28. The number of carboxylic acid groups (broad SMARTS) is 1. The van der Waals surface area contributed by atoms with E-state index in [1.165, 1.54) is 12.1 Å². The zero-order chi connectivity index (χ0) is 13.1. The summed E-state index contributed by atoms with van der Waals surface area (Å²) in [5, 5.41) is 16.6. The Morgan fingerprint density at radius 2 is 1.76 bits per heavy atom. The molecule has 1 aromatic carbocycles. The maximum absolute atomic E-state index is 10.7. The summed E-state index contributed by atoms with van der Waals surface area (Å²) in [5.41, 5.74) is 0.399. The number of hydrogen-bond donors (Lipinski definition) is 2. The van der Waals surface area contributed by atoms with Crippen LogP contribution in [0.4, 0.5) is 0 Å². The molecule has 0 aliphatic rings. The summed E-state index contributed by atoms with van der Waals surface area (Å²) < 4.78 is 5.51. The van der Waals surface area contributed by atoms with Crippen LogP contribution < -0.4 is 0 Å². The fourth-order valence-electron chi connectivity index (χ4n) is 1.17. The lowest BCUT2D eigenvalue weighted by atomic mass is 10.1. The van der Waals surface area contributed by atoms with Gasteiger partial charge in [0.05, 0.1) is 5.56 Å². The van der Waals surface area contributed by atoms with Crippen molar-refractivity contribution in [2.45, 2.75) is 32.8 Å². The highest BCUT2D eigenvalue weighted by molar-refractivity contribution is 5.94. The SMILES string of the molecule is CCC(C)(C)OC(=N)c1ccc(C(=O)O)cc1. The lowest BCUT2D eigenvalue weighted by Gasteiger charge is -2.24. The van der Waals surface area contributed by atoms with Gasteiger partial charge in [-0.25, -0.2) is 4.79 Å². The van der Waals surface area contributed by atoms with Gasteiger partial charge < -0.3 is 9.84 Å². The second-order valence-electron chi connectivity index (χ2n) is 4.43. The summed E-state index contributed by atoms with van der Waals surface area (Å²) in [6, 6.07) is 6.10. The summed E-state index contributed by atoms with van der Waals surface area (Å²) in [7, 11) is 0. The van der Waals surface area contributed by atoms with E-state index in [1.807, 2.05) is 20.8 Å². The van der Waals surface area contributed by atoms with Crippen LogP contribution in [0.25, 0.3) is 0 Å². The van der Waals surface area contributed by atoms with Crippen LogP contribution in [0, 0.1) is 5.41 Å². The molecule has 0 amide bonds. The van der Waals surface area contributed by atoms with Crippen LogP contribution in [0.1, 0.15) is 43.1 Å². The normalized spacial score (nSPS) is 11.0. The monoisotopic (exact) mass is 235 g/mol. The molecule has 4 nitrogen and oxygen atoms in total. The number of hydrogen-bond acceptors (Lipinski definition) is 3. The van der Waals surface area contributed by atoms with Gasteiger partial charge in [0.2, 0.25) is 5.90 Å². The number of aromatic carboxylic acids is 1. The van der Waals surface area contributed by atoms with E-state index in [0.717, 1.165) is 6.42 Å². The van der Waals surface area contributed by atoms with E-state index in [9.17, 15) is 4.79 Å². The van der Waals surface area contributed by atoms with Crippen molar-refractivity contribution in [1.29, 1.82) is 5.41 Å². The highest BCUT2D eigenvalue weighted by Crippen LogP contribution is 2.16. The Kier molecular flexibility index (Phi) is 3.89. The van der Waals surface area contributed by atoms with Gasteiger partial charge >= 0.3 is 5.97 Å². The molecule has 0 aromatic heterocycles. The molecule has 92 valence electrons. The average molecular weight is 235 g/mol. The molecule has 0 spiro atoms. The van der Waals surface area contributed by atoms with Gasteiger partial charge in [0.25, 0.3) is 0 Å². The molecule has 0 aliphatic carbocycles. The van der Waals surface area contributed by atoms with Crippen molar-refractivity contribution < 1.29 is 14.6 Å². The largest absolute Gasteiger partial charge is 0.478 e. The third kappa shape index (κ3) is 3.59. The first-order chi connectivity index (χ1) is 7.85. The molecule has 0 fully saturated rings. The molecule has 4 heteroatoms. The molecule has 1 rings (SSSR count). The van der Waals surface area contributed by atoms with E-state index >= 15 is 0 Å². The first kappa shape index (κ1) is 13.2. The summed E-state index contributed by atoms with van der Waals surface area (Å²) >= 11 is 0. The van der Waals surface area contributed by atoms with Crippen molar-refractivity contribution in [3.05, 3.63) is 35.4 Å². The highest BCUT2D eigenvalue weighted by Gasteiger charge is 2.19. The first-order valence-electron chi connectivity index (χ1n) is 5.47. The van der Waals surface area contributed by atoms with E-state index in [-0.39, 0.29) is 17.1 Å². The fraction of sp³-hybridized carbons (Fsp3) is 0.385. The Morgan fingerprint density at radius 3 is 2.18 bits per heavy atom. The van der Waals surface area contributed by atoms with Crippen LogP contribution in [0.3, 0.4) is 0 Å². The van der Waals surface area contributed by atoms with Crippen molar-refractivity contribution in [2.75, 3.05) is 0 Å². The molecule has 0 bridgehead atoms. The number of carboxylic acids is 1. The Morgan fingerprint density at radius 1 is 1.29 bits per heavy atom. The standard InChI is InChI=1S/C13H17NO3/c1-4-13(2,3)17-11(14)9-5-7-10(8-6-9)12(15)16/h5-8,14H,4H2,1-3H3,(H,15,16). The lowest BCUT2D eigenvalue weighted by Crippen LogP contribution is -2.27. The highest BCUT2D eigenvalue weighted by atomic mass is 16.5. The topological polar surface area (TPSA) is 70.4 Å². The minimum absolute atomic E-state index is 0.0637. The van der Waals surface area contributed by atoms with Gasteiger partial charge in [0, 0.05) is 5.56 Å². The molecular formula is C13H17NO3. The third-order valence-corrected chi connectivity index (χ3v) is 2.62. The Hall–Kier alpha value is -1.84. The lowest BCUT2D eigenvalue weighted by molar-refractivity contribution is 0.0696. The zero-order valence-corrected chi connectivity index (χ0v) is 10.3. The number of carbonyl (C=O) groups is 1. The van der Waals surface area contributed by atoms with Gasteiger partial charge in [0.1, 0.15) is 5.60 Å². The van der Waals surface area contributed by atoms with Crippen LogP contribution in [-0.2, 0) is 4.74 Å². The van der Waals surface area contributed by atoms with Gasteiger partial charge in [0.15, 0.2) is 0 Å². The fourth-order valence-corrected chi connectivity index (χ4v) is 1.17. The molecule has 0 aliphatic heterocycles. The number of ether oxygens (including phenoxy) is 1. The molecule has 0 unspecified atom stereocenters. The third-order valence-electron chi connectivity index (χ3n) is 2.62. The minimum atomic E-state index is -0.974. The van der Waals surface area contributed by atoms with Gasteiger partial charge in [-0.3, -0.25) is 5.41 Å². The molecular weight excluding hydrogens is 218 g/mol. The van der Waals surface area contributed by atoms with Crippen LogP contribution in [0.5, 0.6) is 0 Å². The van der Waals surface area contributed by atoms with E-state index < -0.39 is 5.97 Å². The van der Waals surface area contributed by atoms with Crippen molar-refractivity contribution in [3.63, 3.8) is 0 Å². The predicted molar refractivity (Wildman–Crippen MR) is 65.7 cm³/mol. The maximum Gasteiger partial charge on any atom is 0.335 e.